The molecular formula is C8H3BrI2N2S. The molecule has 6 heteroatoms. The van der Waals surface area contributed by atoms with Crippen molar-refractivity contribution in [1.82, 2.24) is 10.2 Å². The van der Waals surface area contributed by atoms with E-state index in [1.807, 2.05) is 6.07 Å². The Bertz CT molecular complexity index is 472. The molecule has 0 aliphatic carbocycles. The zero-order chi connectivity index (χ0) is 10.1. The van der Waals surface area contributed by atoms with Gasteiger partial charge in [0.2, 0.25) is 0 Å². The van der Waals surface area contributed by atoms with Crippen molar-refractivity contribution in [2.24, 2.45) is 0 Å². The van der Waals surface area contributed by atoms with Gasteiger partial charge in [0.25, 0.3) is 0 Å². The van der Waals surface area contributed by atoms with Crippen LogP contribution in [0, 0.1) is 6.58 Å². The van der Waals surface area contributed by atoms with Gasteiger partial charge < -0.3 is 0 Å². The Kier molecular flexibility index (Phi) is 3.77. The fourth-order valence-electron chi connectivity index (χ4n) is 0.976. The van der Waals surface area contributed by atoms with Crippen LogP contribution in [-0.2, 0) is 0 Å². The Balaban J connectivity index is 2.55. The highest BCUT2D eigenvalue weighted by Gasteiger charge is 2.08. The minimum atomic E-state index is 0.958. The summed E-state index contributed by atoms with van der Waals surface area (Å²) in [6, 6.07) is 6.19. The van der Waals surface area contributed by atoms with Crippen LogP contribution in [0.15, 0.2) is 22.7 Å². The highest BCUT2D eigenvalue weighted by molar-refractivity contribution is 14.1. The summed E-state index contributed by atoms with van der Waals surface area (Å²) in [5, 5.41) is 9.07. The number of hydrogen-bond acceptors (Lipinski definition) is 3. The summed E-state index contributed by atoms with van der Waals surface area (Å²) in [6.07, 6.45) is 0. The molecule has 0 saturated heterocycles. The van der Waals surface area contributed by atoms with Crippen molar-refractivity contribution in [2.45, 2.75) is 0 Å². The van der Waals surface area contributed by atoms with Crippen LogP contribution in [0.25, 0.3) is 10.6 Å². The largest absolute Gasteiger partial charge is 0.178 e. The van der Waals surface area contributed by atoms with Crippen LogP contribution in [0.4, 0.5) is 0 Å². The van der Waals surface area contributed by atoms with Gasteiger partial charge in [-0.15, -0.1) is 10.2 Å². The van der Waals surface area contributed by atoms with Crippen LogP contribution in [-0.4, -0.2) is 10.2 Å². The molecule has 0 aliphatic heterocycles. The second kappa shape index (κ2) is 4.71. The van der Waals surface area contributed by atoms with Gasteiger partial charge in [0.1, 0.15) is 5.01 Å². The summed E-state index contributed by atoms with van der Waals surface area (Å²) in [6.45, 7) is 0. The van der Waals surface area contributed by atoms with Crippen molar-refractivity contribution < 1.29 is 0 Å². The molecule has 1 aromatic heterocycles. The van der Waals surface area contributed by atoms with Gasteiger partial charge in [0, 0.05) is 13.6 Å². The van der Waals surface area contributed by atoms with Gasteiger partial charge in [-0.3, -0.25) is 0 Å². The quantitative estimate of drug-likeness (QED) is 0.558. The minimum absolute atomic E-state index is 0.958. The van der Waals surface area contributed by atoms with Crippen molar-refractivity contribution >= 4 is 72.4 Å². The van der Waals surface area contributed by atoms with Crippen molar-refractivity contribution in [3.05, 3.63) is 29.3 Å². The van der Waals surface area contributed by atoms with Crippen LogP contribution in [0.2, 0.25) is 0 Å². The average Bonchev–Trinajstić information content (AvgIpc) is 2.56. The van der Waals surface area contributed by atoms with Crippen LogP contribution in [0.5, 0.6) is 0 Å². The Labute approximate surface area is 121 Å². The fourth-order valence-corrected chi connectivity index (χ4v) is 3.37. The Morgan fingerprint density at radius 3 is 2.64 bits per heavy atom. The first-order chi connectivity index (χ1) is 6.66. The lowest BCUT2D eigenvalue weighted by molar-refractivity contribution is 1.07. The minimum Gasteiger partial charge on any atom is -0.137 e. The lowest BCUT2D eigenvalue weighted by atomic mass is 10.2. The summed E-state index contributed by atoms with van der Waals surface area (Å²) < 4.78 is 3.22. The molecule has 0 atom stereocenters. The molecule has 1 heterocycles. The zero-order valence-electron chi connectivity index (χ0n) is 6.67. The number of rotatable bonds is 1. The highest BCUT2D eigenvalue weighted by atomic mass is 127. The molecule has 0 saturated carbocycles. The predicted molar refractivity (Wildman–Crippen MR) is 78.5 cm³/mol. The van der Waals surface area contributed by atoms with Gasteiger partial charge in [0.15, 0.2) is 3.01 Å². The first kappa shape index (κ1) is 11.2. The van der Waals surface area contributed by atoms with Crippen LogP contribution < -0.4 is 0 Å². The van der Waals surface area contributed by atoms with Gasteiger partial charge >= 0.3 is 0 Å². The van der Waals surface area contributed by atoms with E-state index in [1.165, 1.54) is 3.57 Å². The maximum atomic E-state index is 4.12. The number of halogens is 3. The smallest absolute Gasteiger partial charge is 0.137 e. The van der Waals surface area contributed by atoms with Crippen molar-refractivity contribution in [3.63, 3.8) is 0 Å². The molecule has 0 bridgehead atoms. The maximum absolute atomic E-state index is 4.12. The zero-order valence-corrected chi connectivity index (χ0v) is 13.4. The van der Waals surface area contributed by atoms with Crippen LogP contribution >= 0.6 is 72.4 Å². The Morgan fingerprint density at radius 1 is 1.21 bits per heavy atom. The summed E-state index contributed by atoms with van der Waals surface area (Å²) in [7, 11) is 0. The van der Waals surface area contributed by atoms with Gasteiger partial charge in [0.05, 0.1) is 0 Å². The number of benzene rings is 1. The monoisotopic (exact) mass is 492 g/mol. The van der Waals surface area contributed by atoms with E-state index in [0.717, 1.165) is 18.1 Å². The third-order valence-electron chi connectivity index (χ3n) is 1.56. The highest BCUT2D eigenvalue weighted by Crippen LogP contribution is 2.31. The van der Waals surface area contributed by atoms with Gasteiger partial charge in [-0.25, -0.2) is 0 Å². The predicted octanol–water partition coefficient (Wildman–Crippen LogP) is 4.18. The van der Waals surface area contributed by atoms with Gasteiger partial charge in [-0.05, 0) is 63.4 Å². The maximum Gasteiger partial charge on any atom is 0.178 e. The summed E-state index contributed by atoms with van der Waals surface area (Å²) in [5.41, 5.74) is 1.11. The van der Waals surface area contributed by atoms with E-state index in [4.69, 9.17) is 0 Å². The fraction of sp³-hybridized carbons (Fsp3) is 0. The standard InChI is InChI=1S/C8H3BrI2N2S/c9-6-2-1-4(10)3-5(6)7-12-13-8(11)14-7/h1-3H. The Morgan fingerprint density at radius 2 is 2.00 bits per heavy atom. The number of nitrogens with zero attached hydrogens (tertiary/aromatic N) is 2. The molecule has 1 aromatic carbocycles. The van der Waals surface area contributed by atoms with Gasteiger partial charge in [-0.1, -0.05) is 27.3 Å². The molecule has 2 aromatic rings. The van der Waals surface area contributed by atoms with Crippen LogP contribution in [0.1, 0.15) is 0 Å². The third kappa shape index (κ3) is 2.45. The van der Waals surface area contributed by atoms with Crippen molar-refractivity contribution in [3.8, 4) is 10.6 Å². The molecule has 0 N–H and O–H groups in total. The average molecular weight is 493 g/mol. The first-order valence-electron chi connectivity index (χ1n) is 3.61. The SMILES string of the molecule is Brc1ccc(I)cc1-c1nnc(I)s1. The topological polar surface area (TPSA) is 25.8 Å². The van der Waals surface area contributed by atoms with E-state index in [1.54, 1.807) is 11.3 Å². The molecule has 0 spiro atoms. The third-order valence-corrected chi connectivity index (χ3v) is 4.54. The molecule has 0 radical (unpaired) electrons. The molecule has 0 unspecified atom stereocenters. The second-order valence-electron chi connectivity index (χ2n) is 2.48. The molecular weight excluding hydrogens is 490 g/mol. The van der Waals surface area contributed by atoms with E-state index in [2.05, 4.69) is 83.4 Å². The number of aromatic nitrogens is 2. The molecule has 72 valence electrons. The summed E-state index contributed by atoms with van der Waals surface area (Å²) in [5.74, 6) is 0. The van der Waals surface area contributed by atoms with E-state index < -0.39 is 0 Å². The second-order valence-corrected chi connectivity index (χ2v) is 7.32. The number of hydrogen-bond donors (Lipinski definition) is 0. The lowest BCUT2D eigenvalue weighted by Crippen LogP contribution is -1.80. The molecule has 2 nitrogen and oxygen atoms in total. The molecule has 0 aliphatic rings. The summed E-state index contributed by atoms with van der Waals surface area (Å²) in [4.78, 5) is 0. The molecule has 2 rings (SSSR count). The van der Waals surface area contributed by atoms with Gasteiger partial charge in [-0.2, -0.15) is 0 Å². The van der Waals surface area contributed by atoms with E-state index in [-0.39, 0.29) is 0 Å². The molecule has 14 heavy (non-hydrogen) atoms. The van der Waals surface area contributed by atoms with E-state index >= 15 is 0 Å². The molecule has 0 fully saturated rings. The lowest BCUT2D eigenvalue weighted by Gasteiger charge is -1.99. The van der Waals surface area contributed by atoms with Crippen LogP contribution in [0.3, 0.4) is 0 Å². The van der Waals surface area contributed by atoms with E-state index in [9.17, 15) is 0 Å². The van der Waals surface area contributed by atoms with Crippen molar-refractivity contribution in [1.29, 1.82) is 0 Å². The molecule has 0 amide bonds. The Hall–Kier alpha value is 0.720. The van der Waals surface area contributed by atoms with E-state index in [0.29, 0.717) is 0 Å². The summed E-state index contributed by atoms with van der Waals surface area (Å²) >= 11 is 9.57. The first-order valence-corrected chi connectivity index (χ1v) is 7.38. The normalized spacial score (nSPS) is 10.5. The van der Waals surface area contributed by atoms with Crippen molar-refractivity contribution in [2.75, 3.05) is 0 Å².